The summed E-state index contributed by atoms with van der Waals surface area (Å²) >= 11 is 0. The average molecular weight is 289 g/mol. The maximum absolute atomic E-state index is 11.9. The zero-order valence-electron chi connectivity index (χ0n) is 13.1. The number of nitrogens with one attached hydrogen (secondary N) is 1. The lowest BCUT2D eigenvalue weighted by Gasteiger charge is -2.16. The molecular weight excluding hydrogens is 262 g/mol. The molecule has 0 spiro atoms. The van der Waals surface area contributed by atoms with Gasteiger partial charge in [0.05, 0.1) is 0 Å². The van der Waals surface area contributed by atoms with Crippen LogP contribution in [-0.2, 0) is 11.2 Å². The average Bonchev–Trinajstić information content (AvgIpc) is 2.75. The highest BCUT2D eigenvalue weighted by Crippen LogP contribution is 2.17. The topological polar surface area (TPSA) is 38.3 Å². The molecule has 1 aliphatic rings. The number of carbonyl (C=O) groups is 1. The number of benzene rings is 1. The molecule has 1 fully saturated rings. The Hall–Kier alpha value is -1.51. The minimum Gasteiger partial charge on any atom is -0.484 e. The molecule has 2 rings (SSSR count). The minimum absolute atomic E-state index is 0.000431. The first kappa shape index (κ1) is 15.9. The van der Waals surface area contributed by atoms with Crippen LogP contribution in [0.1, 0.15) is 57.4 Å². The molecular formula is C18H27NO2. The molecule has 1 aromatic rings. The van der Waals surface area contributed by atoms with Gasteiger partial charge in [0.15, 0.2) is 6.61 Å². The summed E-state index contributed by atoms with van der Waals surface area (Å²) in [5, 5.41) is 3.10. The number of carbonyl (C=O) groups excluding carboxylic acids is 1. The molecule has 1 aromatic carbocycles. The maximum Gasteiger partial charge on any atom is 0.258 e. The van der Waals surface area contributed by atoms with Crippen molar-refractivity contribution < 1.29 is 9.53 Å². The van der Waals surface area contributed by atoms with Gasteiger partial charge in [-0.1, -0.05) is 51.2 Å². The van der Waals surface area contributed by atoms with Crippen LogP contribution < -0.4 is 10.1 Å². The Morgan fingerprint density at radius 2 is 1.81 bits per heavy atom. The molecule has 116 valence electrons. The highest BCUT2D eigenvalue weighted by Gasteiger charge is 2.14. The third-order valence-electron chi connectivity index (χ3n) is 4.05. The fourth-order valence-electron chi connectivity index (χ4n) is 2.88. The Morgan fingerprint density at radius 3 is 2.43 bits per heavy atom. The Kier molecular flexibility index (Phi) is 6.58. The summed E-state index contributed by atoms with van der Waals surface area (Å²) in [5.41, 5.74) is 1.31. The van der Waals surface area contributed by atoms with Gasteiger partial charge >= 0.3 is 0 Å². The van der Waals surface area contributed by atoms with Crippen molar-refractivity contribution in [1.29, 1.82) is 0 Å². The van der Waals surface area contributed by atoms with E-state index in [2.05, 4.69) is 24.4 Å². The van der Waals surface area contributed by atoms with Crippen molar-refractivity contribution in [2.45, 2.75) is 64.3 Å². The van der Waals surface area contributed by atoms with E-state index in [1.165, 1.54) is 31.2 Å². The van der Waals surface area contributed by atoms with E-state index in [1.54, 1.807) is 0 Å². The van der Waals surface area contributed by atoms with Gasteiger partial charge in [0.1, 0.15) is 5.75 Å². The summed E-state index contributed by atoms with van der Waals surface area (Å²) in [4.78, 5) is 11.9. The van der Waals surface area contributed by atoms with Crippen LogP contribution in [0.15, 0.2) is 24.3 Å². The summed E-state index contributed by atoms with van der Waals surface area (Å²) in [6.07, 6.45) is 9.50. The second-order valence-corrected chi connectivity index (χ2v) is 5.94. The van der Waals surface area contributed by atoms with E-state index in [0.29, 0.717) is 6.04 Å². The van der Waals surface area contributed by atoms with E-state index in [1.807, 2.05) is 12.1 Å². The first-order valence-corrected chi connectivity index (χ1v) is 8.29. The SMILES string of the molecule is CCCc1ccc(OCC(=O)NC2CCCCCC2)cc1. The van der Waals surface area contributed by atoms with Crippen LogP contribution >= 0.6 is 0 Å². The highest BCUT2D eigenvalue weighted by atomic mass is 16.5. The zero-order chi connectivity index (χ0) is 14.9. The number of aryl methyl sites for hydroxylation is 1. The smallest absolute Gasteiger partial charge is 0.258 e. The summed E-state index contributed by atoms with van der Waals surface area (Å²) in [6.45, 7) is 2.28. The van der Waals surface area contributed by atoms with E-state index in [4.69, 9.17) is 4.74 Å². The van der Waals surface area contributed by atoms with Crippen LogP contribution in [0.25, 0.3) is 0 Å². The Labute approximate surface area is 128 Å². The van der Waals surface area contributed by atoms with Gasteiger partial charge in [0, 0.05) is 6.04 Å². The van der Waals surface area contributed by atoms with Crippen molar-refractivity contribution in [2.75, 3.05) is 6.61 Å². The Morgan fingerprint density at radius 1 is 1.14 bits per heavy atom. The van der Waals surface area contributed by atoms with Gasteiger partial charge in [-0.05, 0) is 37.0 Å². The molecule has 0 atom stereocenters. The second kappa shape index (κ2) is 8.71. The van der Waals surface area contributed by atoms with Crippen molar-refractivity contribution in [3.05, 3.63) is 29.8 Å². The van der Waals surface area contributed by atoms with E-state index < -0.39 is 0 Å². The third-order valence-corrected chi connectivity index (χ3v) is 4.05. The monoisotopic (exact) mass is 289 g/mol. The van der Waals surface area contributed by atoms with Crippen molar-refractivity contribution in [3.8, 4) is 5.75 Å². The lowest BCUT2D eigenvalue weighted by Crippen LogP contribution is -2.37. The number of amides is 1. The van der Waals surface area contributed by atoms with E-state index in [9.17, 15) is 4.79 Å². The van der Waals surface area contributed by atoms with E-state index >= 15 is 0 Å². The molecule has 0 bridgehead atoms. The van der Waals surface area contributed by atoms with Crippen LogP contribution in [-0.4, -0.2) is 18.6 Å². The largest absolute Gasteiger partial charge is 0.484 e. The maximum atomic E-state index is 11.9. The quantitative estimate of drug-likeness (QED) is 0.808. The number of rotatable bonds is 6. The van der Waals surface area contributed by atoms with E-state index in [0.717, 1.165) is 31.4 Å². The van der Waals surface area contributed by atoms with Gasteiger partial charge in [-0.15, -0.1) is 0 Å². The molecule has 3 heteroatoms. The van der Waals surface area contributed by atoms with Crippen LogP contribution in [0.5, 0.6) is 5.75 Å². The lowest BCUT2D eigenvalue weighted by molar-refractivity contribution is -0.123. The summed E-state index contributed by atoms with van der Waals surface area (Å²) in [7, 11) is 0. The number of hydrogen-bond donors (Lipinski definition) is 1. The molecule has 1 aliphatic carbocycles. The van der Waals surface area contributed by atoms with Crippen LogP contribution in [0.3, 0.4) is 0 Å². The van der Waals surface area contributed by atoms with E-state index in [-0.39, 0.29) is 12.5 Å². The molecule has 0 saturated heterocycles. The Balaban J connectivity index is 1.72. The normalized spacial score (nSPS) is 16.2. The molecule has 0 aliphatic heterocycles. The van der Waals surface area contributed by atoms with Crippen LogP contribution in [0.2, 0.25) is 0 Å². The van der Waals surface area contributed by atoms with Gasteiger partial charge in [-0.2, -0.15) is 0 Å². The van der Waals surface area contributed by atoms with Crippen molar-refractivity contribution >= 4 is 5.91 Å². The molecule has 0 heterocycles. The molecule has 1 N–H and O–H groups in total. The highest BCUT2D eigenvalue weighted by molar-refractivity contribution is 5.77. The standard InChI is InChI=1S/C18H27NO2/c1-2-7-15-10-12-17(13-11-15)21-14-18(20)19-16-8-5-3-4-6-9-16/h10-13,16H,2-9,14H2,1H3,(H,19,20). The molecule has 1 amide bonds. The molecule has 0 aromatic heterocycles. The molecule has 3 nitrogen and oxygen atoms in total. The van der Waals surface area contributed by atoms with Crippen LogP contribution in [0, 0.1) is 0 Å². The molecule has 21 heavy (non-hydrogen) atoms. The van der Waals surface area contributed by atoms with Gasteiger partial charge in [-0.25, -0.2) is 0 Å². The van der Waals surface area contributed by atoms with Gasteiger partial charge in [0.2, 0.25) is 0 Å². The number of ether oxygens (including phenoxy) is 1. The molecule has 0 radical (unpaired) electrons. The zero-order valence-corrected chi connectivity index (χ0v) is 13.1. The van der Waals surface area contributed by atoms with Gasteiger partial charge in [-0.3, -0.25) is 4.79 Å². The van der Waals surface area contributed by atoms with Crippen molar-refractivity contribution in [1.82, 2.24) is 5.32 Å². The molecule has 0 unspecified atom stereocenters. The fourth-order valence-corrected chi connectivity index (χ4v) is 2.88. The van der Waals surface area contributed by atoms with Crippen molar-refractivity contribution in [2.24, 2.45) is 0 Å². The second-order valence-electron chi connectivity index (χ2n) is 5.94. The summed E-state index contributed by atoms with van der Waals surface area (Å²) < 4.78 is 5.56. The first-order valence-electron chi connectivity index (χ1n) is 8.29. The van der Waals surface area contributed by atoms with Gasteiger partial charge in [0.25, 0.3) is 5.91 Å². The predicted octanol–water partition coefficient (Wildman–Crippen LogP) is 3.86. The number of hydrogen-bond acceptors (Lipinski definition) is 2. The minimum atomic E-state index is -0.000431. The van der Waals surface area contributed by atoms with Crippen molar-refractivity contribution in [3.63, 3.8) is 0 Å². The fraction of sp³-hybridized carbons (Fsp3) is 0.611. The summed E-state index contributed by atoms with van der Waals surface area (Å²) in [5.74, 6) is 0.769. The predicted molar refractivity (Wildman–Crippen MR) is 85.6 cm³/mol. The van der Waals surface area contributed by atoms with Gasteiger partial charge < -0.3 is 10.1 Å². The molecule has 1 saturated carbocycles. The summed E-state index contributed by atoms with van der Waals surface area (Å²) in [6, 6.07) is 8.38. The lowest BCUT2D eigenvalue weighted by atomic mass is 10.1. The first-order chi connectivity index (χ1) is 10.3. The Bertz CT molecular complexity index is 419. The third kappa shape index (κ3) is 5.78. The van der Waals surface area contributed by atoms with Crippen LogP contribution in [0.4, 0.5) is 0 Å².